The molecule has 0 bridgehead atoms. The van der Waals surface area contributed by atoms with Crippen LogP contribution in [0.1, 0.15) is 0 Å². The summed E-state index contributed by atoms with van der Waals surface area (Å²) >= 11 is 0. The fraction of sp³-hybridized carbons (Fsp3) is 0.800. The molecule has 10 heavy (non-hydrogen) atoms. The number of carbonyl (C=O) groups excluding carboxylic acids is 1. The molecule has 0 rings (SSSR count). The van der Waals surface area contributed by atoms with Gasteiger partial charge >= 0.3 is 5.97 Å². The molecule has 0 saturated heterocycles. The normalized spacial score (nSPS) is 14.4. The van der Waals surface area contributed by atoms with E-state index in [-0.39, 0.29) is 0 Å². The first kappa shape index (κ1) is 9.66. The number of hydrogen-bond acceptors (Lipinski definition) is 4. The Morgan fingerprint density at radius 3 is 2.10 bits per heavy atom. The largest absolute Gasteiger partial charge is 0.468 e. The highest BCUT2D eigenvalue weighted by molar-refractivity contribution is 7.64. The van der Waals surface area contributed by atoms with Crippen LogP contribution in [0.25, 0.3) is 0 Å². The molecule has 60 valence electrons. The highest BCUT2D eigenvalue weighted by Crippen LogP contribution is 2.39. The minimum Gasteiger partial charge on any atom is -0.468 e. The van der Waals surface area contributed by atoms with Crippen molar-refractivity contribution in [1.82, 2.24) is 0 Å². The molecule has 0 spiro atoms. The number of methoxy groups -OCH3 is 1. The molecule has 0 aliphatic carbocycles. The van der Waals surface area contributed by atoms with Gasteiger partial charge in [-0.1, -0.05) is 0 Å². The first-order chi connectivity index (χ1) is 4.39. The van der Waals surface area contributed by atoms with Crippen molar-refractivity contribution in [2.45, 2.75) is 5.78 Å². The lowest BCUT2D eigenvalue weighted by Crippen LogP contribution is -2.30. The Bertz CT molecular complexity index is 174. The number of nitrogens with two attached hydrogens (primary N) is 1. The summed E-state index contributed by atoms with van der Waals surface area (Å²) in [4.78, 5) is 10.6. The molecular formula is C5H12NO3P. The lowest BCUT2D eigenvalue weighted by molar-refractivity contribution is -0.140. The van der Waals surface area contributed by atoms with E-state index in [2.05, 4.69) is 4.74 Å². The van der Waals surface area contributed by atoms with Crippen molar-refractivity contribution in [2.75, 3.05) is 20.4 Å². The summed E-state index contributed by atoms with van der Waals surface area (Å²) in [5.74, 6) is -1.59. The second-order valence-electron chi connectivity index (χ2n) is 2.40. The zero-order valence-corrected chi connectivity index (χ0v) is 7.22. The maximum Gasteiger partial charge on any atom is 0.330 e. The molecule has 0 amide bonds. The number of ether oxygens (including phenoxy) is 1. The van der Waals surface area contributed by atoms with Crippen LogP contribution in [0.15, 0.2) is 0 Å². The molecule has 0 heterocycles. The molecular weight excluding hydrogens is 153 g/mol. The van der Waals surface area contributed by atoms with Crippen molar-refractivity contribution in [3.8, 4) is 0 Å². The van der Waals surface area contributed by atoms with E-state index in [0.717, 1.165) is 0 Å². The van der Waals surface area contributed by atoms with Gasteiger partial charge in [-0.25, -0.2) is 4.79 Å². The molecule has 4 nitrogen and oxygen atoms in total. The van der Waals surface area contributed by atoms with Crippen molar-refractivity contribution in [3.63, 3.8) is 0 Å². The molecule has 0 aliphatic rings. The molecule has 0 aliphatic heterocycles. The van der Waals surface area contributed by atoms with Gasteiger partial charge in [0.05, 0.1) is 7.11 Å². The summed E-state index contributed by atoms with van der Waals surface area (Å²) in [6.45, 7) is 2.91. The Kier molecular flexibility index (Phi) is 3.06. The Hall–Kier alpha value is -0.340. The molecule has 1 atom stereocenters. The van der Waals surface area contributed by atoms with Crippen LogP contribution in [-0.2, 0) is 14.1 Å². The van der Waals surface area contributed by atoms with Gasteiger partial charge in [-0.05, 0) is 13.3 Å². The minimum atomic E-state index is -2.53. The molecule has 5 heteroatoms. The van der Waals surface area contributed by atoms with Crippen LogP contribution >= 0.6 is 7.14 Å². The average molecular weight is 165 g/mol. The summed E-state index contributed by atoms with van der Waals surface area (Å²) in [6, 6.07) is 0. The number of esters is 1. The van der Waals surface area contributed by atoms with Crippen molar-refractivity contribution < 1.29 is 14.1 Å². The van der Waals surface area contributed by atoms with Gasteiger partial charge in [-0.2, -0.15) is 0 Å². The smallest absolute Gasteiger partial charge is 0.330 e. The Morgan fingerprint density at radius 2 is 2.00 bits per heavy atom. The predicted octanol–water partition coefficient (Wildman–Crippen LogP) is 0.0669. The second kappa shape index (κ2) is 3.17. The van der Waals surface area contributed by atoms with Crippen LogP contribution in [0, 0.1) is 0 Å². The van der Waals surface area contributed by atoms with Gasteiger partial charge in [-0.3, -0.25) is 0 Å². The molecule has 0 saturated carbocycles. The van der Waals surface area contributed by atoms with Crippen LogP contribution in [0.4, 0.5) is 0 Å². The van der Waals surface area contributed by atoms with E-state index in [1.807, 2.05) is 0 Å². The second-order valence-corrected chi connectivity index (χ2v) is 5.83. The monoisotopic (exact) mass is 165 g/mol. The first-order valence-electron chi connectivity index (χ1n) is 2.77. The van der Waals surface area contributed by atoms with Gasteiger partial charge in [0.25, 0.3) is 0 Å². The third-order valence-corrected chi connectivity index (χ3v) is 2.66. The molecule has 0 radical (unpaired) electrons. The highest BCUT2D eigenvalue weighted by atomic mass is 31.2. The quantitative estimate of drug-likeness (QED) is 0.464. The van der Waals surface area contributed by atoms with E-state index >= 15 is 0 Å². The highest BCUT2D eigenvalue weighted by Gasteiger charge is 2.26. The molecule has 0 aromatic heterocycles. The van der Waals surface area contributed by atoms with E-state index in [1.54, 1.807) is 0 Å². The number of carbonyl (C=O) groups is 1. The van der Waals surface area contributed by atoms with Gasteiger partial charge < -0.3 is 15.0 Å². The Balaban J connectivity index is 4.23. The Labute approximate surface area is 60.1 Å². The fourth-order valence-corrected chi connectivity index (χ4v) is 0.988. The predicted molar refractivity (Wildman–Crippen MR) is 39.4 cm³/mol. The van der Waals surface area contributed by atoms with Crippen molar-refractivity contribution in [3.05, 3.63) is 0 Å². The SMILES string of the molecule is COC(=O)C(N)P(C)(C)=O. The van der Waals surface area contributed by atoms with Gasteiger partial charge in [0, 0.05) is 0 Å². The lowest BCUT2D eigenvalue weighted by atomic mass is 10.7. The van der Waals surface area contributed by atoms with E-state index in [4.69, 9.17) is 5.73 Å². The van der Waals surface area contributed by atoms with E-state index in [1.165, 1.54) is 20.4 Å². The standard InChI is InChI=1S/C5H12NO3P/c1-9-5(7)4(6)10(2,3)8/h4H,6H2,1-3H3. The van der Waals surface area contributed by atoms with Crippen LogP contribution in [0.2, 0.25) is 0 Å². The molecule has 0 aromatic rings. The summed E-state index contributed by atoms with van der Waals surface area (Å²) in [5, 5.41) is 0. The van der Waals surface area contributed by atoms with Crippen molar-refractivity contribution in [1.29, 1.82) is 0 Å². The van der Waals surface area contributed by atoms with Crippen LogP contribution in [0.5, 0.6) is 0 Å². The zero-order valence-electron chi connectivity index (χ0n) is 6.33. The molecule has 0 aromatic carbocycles. The van der Waals surface area contributed by atoms with Gasteiger partial charge in [-0.15, -0.1) is 0 Å². The molecule has 2 N–H and O–H groups in total. The van der Waals surface area contributed by atoms with Crippen LogP contribution < -0.4 is 5.73 Å². The fourth-order valence-electron chi connectivity index (χ4n) is 0.375. The maximum absolute atomic E-state index is 11.1. The molecule has 1 unspecified atom stereocenters. The third-order valence-electron chi connectivity index (χ3n) is 1.11. The number of hydrogen-bond donors (Lipinski definition) is 1. The van der Waals surface area contributed by atoms with Crippen molar-refractivity contribution >= 4 is 13.1 Å². The summed E-state index contributed by atoms with van der Waals surface area (Å²) in [5.41, 5.74) is 5.27. The third kappa shape index (κ3) is 2.50. The summed E-state index contributed by atoms with van der Waals surface area (Å²) < 4.78 is 15.4. The van der Waals surface area contributed by atoms with Crippen LogP contribution in [0.3, 0.4) is 0 Å². The summed E-state index contributed by atoms with van der Waals surface area (Å²) in [7, 11) is -1.31. The zero-order chi connectivity index (χ0) is 8.36. The van der Waals surface area contributed by atoms with E-state index in [0.29, 0.717) is 0 Å². The van der Waals surface area contributed by atoms with E-state index in [9.17, 15) is 9.36 Å². The average Bonchev–Trinajstić information content (AvgIpc) is 1.83. The Morgan fingerprint density at radius 1 is 1.60 bits per heavy atom. The maximum atomic E-state index is 11.1. The van der Waals surface area contributed by atoms with Gasteiger partial charge in [0.15, 0.2) is 5.78 Å². The first-order valence-corrected chi connectivity index (χ1v) is 5.44. The number of rotatable bonds is 2. The molecule has 0 fully saturated rings. The minimum absolute atomic E-state index is 0.617. The topological polar surface area (TPSA) is 69.4 Å². The summed E-state index contributed by atoms with van der Waals surface area (Å²) in [6.07, 6.45) is 0. The van der Waals surface area contributed by atoms with Crippen molar-refractivity contribution in [2.24, 2.45) is 5.73 Å². The van der Waals surface area contributed by atoms with E-state index < -0.39 is 18.9 Å². The van der Waals surface area contributed by atoms with Crippen LogP contribution in [-0.4, -0.2) is 32.2 Å². The van der Waals surface area contributed by atoms with Gasteiger partial charge in [0.1, 0.15) is 7.14 Å². The van der Waals surface area contributed by atoms with Gasteiger partial charge in [0.2, 0.25) is 0 Å². The lowest BCUT2D eigenvalue weighted by Gasteiger charge is -2.12.